The maximum atomic E-state index is 13.6. The third kappa shape index (κ3) is 3.09. The number of hydrogen-bond acceptors (Lipinski definition) is 4. The Labute approximate surface area is 178 Å². The minimum absolute atomic E-state index is 0.000628. The van der Waals surface area contributed by atoms with Crippen LogP contribution in [0.25, 0.3) is 0 Å². The molecule has 2 heterocycles. The van der Waals surface area contributed by atoms with Gasteiger partial charge in [-0.1, -0.05) is 32.4 Å². The number of amides is 3. The summed E-state index contributed by atoms with van der Waals surface area (Å²) in [4.78, 5) is 29.6. The summed E-state index contributed by atoms with van der Waals surface area (Å²) in [5.41, 5.74) is 0.238. The number of anilines is 1. The molecule has 1 aromatic carbocycles. The molecule has 2 fully saturated rings. The van der Waals surface area contributed by atoms with Gasteiger partial charge in [-0.3, -0.25) is 4.79 Å². The number of halogens is 1. The summed E-state index contributed by atoms with van der Waals surface area (Å²) in [6.45, 7) is 14.8. The molecule has 0 radical (unpaired) electrons. The van der Waals surface area contributed by atoms with Crippen LogP contribution >= 0.6 is 11.6 Å². The van der Waals surface area contributed by atoms with Crippen LogP contribution in [0, 0.1) is 18.3 Å². The quantitative estimate of drug-likeness (QED) is 0.504. The average Bonchev–Trinajstić information content (AvgIpc) is 3.03. The van der Waals surface area contributed by atoms with Crippen molar-refractivity contribution in [2.75, 3.05) is 11.4 Å². The molecule has 0 saturated carbocycles. The summed E-state index contributed by atoms with van der Waals surface area (Å²) in [5, 5.41) is 9.44. The van der Waals surface area contributed by atoms with Crippen molar-refractivity contribution in [2.45, 2.75) is 70.8 Å². The molecule has 3 rings (SSSR count). The maximum Gasteiger partial charge on any atom is 0.332 e. The van der Waals surface area contributed by atoms with Gasteiger partial charge in [0.25, 0.3) is 5.91 Å². The SMILES string of the molecule is Cc1c(N2C(=O)N3CC[C@H](O[Si](C)(C)C(C)(C)C)[C@]3(C)C2=O)ccc(C#N)c1Cl. The molecule has 29 heavy (non-hydrogen) atoms. The molecule has 0 aromatic heterocycles. The lowest BCUT2D eigenvalue weighted by atomic mass is 9.95. The van der Waals surface area contributed by atoms with Gasteiger partial charge >= 0.3 is 6.03 Å². The van der Waals surface area contributed by atoms with Crippen LogP contribution in [0.4, 0.5) is 10.5 Å². The van der Waals surface area contributed by atoms with Crippen molar-refractivity contribution in [1.82, 2.24) is 4.90 Å². The molecule has 2 atom stereocenters. The Kier molecular flexibility index (Phi) is 5.14. The van der Waals surface area contributed by atoms with Crippen LogP contribution in [0.5, 0.6) is 0 Å². The second-order valence-corrected chi connectivity index (χ2v) is 14.7. The molecule has 2 aliphatic rings. The van der Waals surface area contributed by atoms with Gasteiger partial charge in [-0.2, -0.15) is 5.26 Å². The van der Waals surface area contributed by atoms with Gasteiger partial charge in [-0.25, -0.2) is 9.69 Å². The third-order valence-electron chi connectivity index (χ3n) is 6.82. The molecule has 0 unspecified atom stereocenters. The smallest absolute Gasteiger partial charge is 0.332 e. The minimum Gasteiger partial charge on any atom is -0.411 e. The zero-order valence-electron chi connectivity index (χ0n) is 18.1. The molecule has 1 aromatic rings. The van der Waals surface area contributed by atoms with Crippen LogP contribution < -0.4 is 4.90 Å². The Morgan fingerprint density at radius 3 is 2.48 bits per heavy atom. The first-order chi connectivity index (χ1) is 13.3. The van der Waals surface area contributed by atoms with Crippen molar-refractivity contribution in [2.24, 2.45) is 0 Å². The monoisotopic (exact) mass is 433 g/mol. The second-order valence-electron chi connectivity index (χ2n) is 9.56. The number of benzene rings is 1. The lowest BCUT2D eigenvalue weighted by Gasteiger charge is -2.41. The minimum atomic E-state index is -2.13. The molecule has 0 bridgehead atoms. The molecular weight excluding hydrogens is 406 g/mol. The van der Waals surface area contributed by atoms with Crippen LogP contribution in [0.3, 0.4) is 0 Å². The summed E-state index contributed by atoms with van der Waals surface area (Å²) < 4.78 is 6.60. The Bertz CT molecular complexity index is 934. The number of urea groups is 1. The molecule has 156 valence electrons. The Balaban J connectivity index is 2.00. The standard InChI is InChI=1S/C21H28ClN3O3Si/c1-13-15(9-8-14(12-23)17(13)22)25-18(26)21(5)16(10-11-24(21)19(25)27)28-29(6,7)20(2,3)4/h8-9,16H,10-11H2,1-7H3/t16-,21+/m0/s1. The molecule has 0 aliphatic carbocycles. The van der Waals surface area contributed by atoms with E-state index in [1.807, 2.05) is 6.07 Å². The van der Waals surface area contributed by atoms with E-state index in [1.54, 1.807) is 30.9 Å². The average molecular weight is 434 g/mol. The molecule has 6 nitrogen and oxygen atoms in total. The predicted molar refractivity (Wildman–Crippen MR) is 116 cm³/mol. The molecular formula is C21H28ClN3O3Si. The predicted octanol–water partition coefficient (Wildman–Crippen LogP) is 4.84. The van der Waals surface area contributed by atoms with E-state index in [9.17, 15) is 14.9 Å². The van der Waals surface area contributed by atoms with Crippen LogP contribution in [-0.2, 0) is 9.22 Å². The van der Waals surface area contributed by atoms with Crippen molar-refractivity contribution in [3.05, 3.63) is 28.3 Å². The fourth-order valence-electron chi connectivity index (χ4n) is 3.84. The first-order valence-corrected chi connectivity index (χ1v) is 13.1. The number of nitriles is 1. The van der Waals surface area contributed by atoms with Gasteiger partial charge in [0.2, 0.25) is 0 Å². The number of nitrogens with zero attached hydrogens (tertiary/aromatic N) is 3. The number of hydrogen-bond donors (Lipinski definition) is 0. The largest absolute Gasteiger partial charge is 0.411 e. The molecule has 3 amide bonds. The zero-order chi connectivity index (χ0) is 21.9. The number of carbonyl (C=O) groups is 2. The molecule has 0 spiro atoms. The van der Waals surface area contributed by atoms with E-state index in [0.717, 1.165) is 0 Å². The van der Waals surface area contributed by atoms with E-state index < -0.39 is 13.9 Å². The van der Waals surface area contributed by atoms with E-state index in [-0.39, 0.29) is 28.1 Å². The van der Waals surface area contributed by atoms with Gasteiger partial charge in [0.1, 0.15) is 11.6 Å². The Hall–Kier alpha value is -1.88. The van der Waals surface area contributed by atoms with E-state index in [2.05, 4.69) is 33.9 Å². The zero-order valence-corrected chi connectivity index (χ0v) is 19.8. The van der Waals surface area contributed by atoms with Gasteiger partial charge in [0.05, 0.1) is 22.4 Å². The number of imide groups is 1. The van der Waals surface area contributed by atoms with Crippen LogP contribution in [0.1, 0.15) is 45.2 Å². The molecule has 8 heteroatoms. The first kappa shape index (κ1) is 21.8. The first-order valence-electron chi connectivity index (χ1n) is 9.80. The highest BCUT2D eigenvalue weighted by atomic mass is 35.5. The normalized spacial score (nSPS) is 24.9. The van der Waals surface area contributed by atoms with E-state index in [4.69, 9.17) is 16.0 Å². The summed E-state index contributed by atoms with van der Waals surface area (Å²) in [5.74, 6) is -0.299. The number of carbonyl (C=O) groups excluding carboxylic acids is 2. The topological polar surface area (TPSA) is 73.6 Å². The highest BCUT2D eigenvalue weighted by Gasteiger charge is 2.63. The van der Waals surface area contributed by atoms with E-state index >= 15 is 0 Å². The molecule has 2 aliphatic heterocycles. The van der Waals surface area contributed by atoms with Gasteiger partial charge in [-0.15, -0.1) is 0 Å². The Morgan fingerprint density at radius 2 is 1.93 bits per heavy atom. The fourth-order valence-corrected chi connectivity index (χ4v) is 5.45. The lowest BCUT2D eigenvalue weighted by Crippen LogP contribution is -2.55. The summed E-state index contributed by atoms with van der Waals surface area (Å²) in [7, 11) is -2.13. The summed E-state index contributed by atoms with van der Waals surface area (Å²) >= 11 is 6.29. The molecule has 2 saturated heterocycles. The van der Waals surface area contributed by atoms with Crippen LogP contribution in [-0.4, -0.2) is 43.3 Å². The number of rotatable bonds is 3. The van der Waals surface area contributed by atoms with E-state index in [1.165, 1.54) is 4.90 Å². The second kappa shape index (κ2) is 6.83. The van der Waals surface area contributed by atoms with Crippen molar-refractivity contribution < 1.29 is 14.0 Å². The third-order valence-corrected chi connectivity index (χ3v) is 11.8. The van der Waals surface area contributed by atoms with Gasteiger partial charge in [0.15, 0.2) is 8.32 Å². The van der Waals surface area contributed by atoms with Crippen molar-refractivity contribution in [3.8, 4) is 6.07 Å². The molecule has 0 N–H and O–H groups in total. The van der Waals surface area contributed by atoms with Crippen LogP contribution in [0.2, 0.25) is 23.2 Å². The highest BCUT2D eigenvalue weighted by Crippen LogP contribution is 2.46. The van der Waals surface area contributed by atoms with Gasteiger partial charge in [-0.05, 0) is 56.1 Å². The van der Waals surface area contributed by atoms with Crippen molar-refractivity contribution in [1.29, 1.82) is 5.26 Å². The van der Waals surface area contributed by atoms with Gasteiger partial charge < -0.3 is 9.33 Å². The van der Waals surface area contributed by atoms with Crippen LogP contribution in [0.15, 0.2) is 12.1 Å². The van der Waals surface area contributed by atoms with Gasteiger partial charge in [0, 0.05) is 6.54 Å². The van der Waals surface area contributed by atoms with E-state index in [0.29, 0.717) is 29.8 Å². The number of fused-ring (bicyclic) bond motifs is 1. The summed E-state index contributed by atoms with van der Waals surface area (Å²) in [6, 6.07) is 4.82. The van der Waals surface area contributed by atoms with Crippen molar-refractivity contribution >= 4 is 37.5 Å². The summed E-state index contributed by atoms with van der Waals surface area (Å²) in [6.07, 6.45) is 0.292. The lowest BCUT2D eigenvalue weighted by molar-refractivity contribution is -0.126. The maximum absolute atomic E-state index is 13.6. The van der Waals surface area contributed by atoms with Crippen molar-refractivity contribution in [3.63, 3.8) is 0 Å². The Morgan fingerprint density at radius 1 is 1.31 bits per heavy atom. The fraction of sp³-hybridized carbons (Fsp3) is 0.571. The highest BCUT2D eigenvalue weighted by molar-refractivity contribution is 6.74.